The van der Waals surface area contributed by atoms with Crippen molar-refractivity contribution in [2.45, 2.75) is 89.2 Å². The molecule has 2 aliphatic rings. The first-order valence-corrected chi connectivity index (χ1v) is 18.7. The number of rotatable bonds is 10. The van der Waals surface area contributed by atoms with Gasteiger partial charge in [-0.05, 0) is 86.9 Å². The molecule has 0 aromatic heterocycles. The summed E-state index contributed by atoms with van der Waals surface area (Å²) in [5, 5.41) is 7.20. The number of nitrogens with one attached hydrogen (secondary N) is 2. The number of urea groups is 1. The van der Waals surface area contributed by atoms with Gasteiger partial charge in [-0.15, -0.1) is 0 Å². The van der Waals surface area contributed by atoms with Crippen LogP contribution in [0.2, 0.25) is 23.2 Å². The molecule has 2 aromatic carbocycles. The third-order valence-electron chi connectivity index (χ3n) is 9.55. The van der Waals surface area contributed by atoms with E-state index in [1.807, 2.05) is 12.1 Å². The molecule has 2 fully saturated rings. The Hall–Kier alpha value is -2.46. The molecule has 3 atom stereocenters. The van der Waals surface area contributed by atoms with Gasteiger partial charge in [0, 0.05) is 35.3 Å². The minimum atomic E-state index is -1.96. The molecule has 1 heterocycles. The zero-order valence-corrected chi connectivity index (χ0v) is 28.8. The van der Waals surface area contributed by atoms with Crippen molar-refractivity contribution in [3.63, 3.8) is 0 Å². The Morgan fingerprint density at radius 3 is 2.12 bits per heavy atom. The number of methoxy groups -OCH3 is 3. The van der Waals surface area contributed by atoms with E-state index >= 15 is 0 Å². The van der Waals surface area contributed by atoms with E-state index in [9.17, 15) is 4.79 Å². The van der Waals surface area contributed by atoms with E-state index in [-0.39, 0.29) is 29.3 Å². The molecular weight excluding hydrogens is 582 g/mol. The maximum absolute atomic E-state index is 13.4. The van der Waals surface area contributed by atoms with Crippen molar-refractivity contribution < 1.29 is 23.4 Å². The van der Waals surface area contributed by atoms with E-state index in [1.165, 1.54) is 5.56 Å². The highest BCUT2D eigenvalue weighted by molar-refractivity contribution is 6.74. The number of nitrogens with zero attached hydrogens (tertiary/aromatic N) is 1. The second kappa shape index (κ2) is 14.1. The summed E-state index contributed by atoms with van der Waals surface area (Å²) < 4.78 is 23.3. The van der Waals surface area contributed by atoms with Gasteiger partial charge in [-0.3, -0.25) is 4.90 Å². The van der Waals surface area contributed by atoms with Gasteiger partial charge in [0.1, 0.15) is 0 Å². The van der Waals surface area contributed by atoms with Gasteiger partial charge in [0.15, 0.2) is 19.8 Å². The molecular formula is C33H50ClN3O5Si. The number of amides is 2. The Balaban J connectivity index is 1.45. The maximum atomic E-state index is 13.4. The molecule has 1 aliphatic heterocycles. The number of anilines is 1. The molecule has 0 spiro atoms. The third kappa shape index (κ3) is 8.38. The van der Waals surface area contributed by atoms with Gasteiger partial charge >= 0.3 is 6.03 Å². The third-order valence-corrected chi connectivity index (χ3v) is 14.3. The van der Waals surface area contributed by atoms with Crippen molar-refractivity contribution in [1.29, 1.82) is 0 Å². The number of piperidine rings is 1. The van der Waals surface area contributed by atoms with Crippen LogP contribution in [0.4, 0.5) is 10.5 Å². The molecule has 10 heteroatoms. The topological polar surface area (TPSA) is 81.3 Å². The predicted octanol–water partition coefficient (Wildman–Crippen LogP) is 7.36. The summed E-state index contributed by atoms with van der Waals surface area (Å²) >= 11 is 6.09. The Labute approximate surface area is 263 Å². The van der Waals surface area contributed by atoms with Gasteiger partial charge in [-0.1, -0.05) is 44.5 Å². The Morgan fingerprint density at radius 2 is 1.58 bits per heavy atom. The fraction of sp³-hybridized carbons (Fsp3) is 0.606. The van der Waals surface area contributed by atoms with E-state index in [0.717, 1.165) is 50.2 Å². The molecule has 2 N–H and O–H groups in total. The Kier molecular flexibility index (Phi) is 11.0. The molecule has 1 saturated carbocycles. The number of hydrogen-bond acceptors (Lipinski definition) is 6. The van der Waals surface area contributed by atoms with Crippen molar-refractivity contribution >= 4 is 31.6 Å². The SMILES string of the molecule is COc1cc(NC(=O)N[C@@H]2C[C@H](O[Si](C)(C)C(C)(C)C)C[C@@H]2N2CCC(Cc3ccc(Cl)cc3)CC2)cc(OC)c1OC. The van der Waals surface area contributed by atoms with Gasteiger partial charge in [0.2, 0.25) is 5.75 Å². The first-order chi connectivity index (χ1) is 20.3. The molecule has 238 valence electrons. The number of likely N-dealkylation sites (tertiary alicyclic amines) is 1. The molecule has 0 bridgehead atoms. The average molecular weight is 632 g/mol. The first-order valence-electron chi connectivity index (χ1n) is 15.4. The lowest BCUT2D eigenvalue weighted by Gasteiger charge is -2.39. The normalized spacial score (nSPS) is 21.8. The molecule has 8 nitrogen and oxygen atoms in total. The second-order valence-corrected chi connectivity index (χ2v) is 18.7. The summed E-state index contributed by atoms with van der Waals surface area (Å²) in [5.74, 6) is 2.10. The molecule has 1 aliphatic carbocycles. The van der Waals surface area contributed by atoms with Gasteiger partial charge in [-0.25, -0.2) is 4.79 Å². The highest BCUT2D eigenvalue weighted by Crippen LogP contribution is 2.42. The average Bonchev–Trinajstić information content (AvgIpc) is 3.34. The molecule has 43 heavy (non-hydrogen) atoms. The van der Waals surface area contributed by atoms with E-state index in [2.05, 4.69) is 61.5 Å². The fourth-order valence-electron chi connectivity index (χ4n) is 6.15. The van der Waals surface area contributed by atoms with Gasteiger partial charge in [0.05, 0.1) is 27.0 Å². The van der Waals surface area contributed by atoms with Gasteiger partial charge < -0.3 is 29.3 Å². The van der Waals surface area contributed by atoms with E-state index in [4.69, 9.17) is 30.2 Å². The van der Waals surface area contributed by atoms with Crippen LogP contribution in [-0.4, -0.2) is 71.9 Å². The number of carbonyl (C=O) groups is 1. The standard InChI is InChI=1S/C33H50ClN3O5Si/c1-33(2,3)43(7,8)42-26-20-27(36-32(38)35-25-18-29(39-4)31(41-6)30(19-25)40-5)28(21-26)37-15-13-23(14-16-37)17-22-9-11-24(34)12-10-22/h9-12,18-19,23,26-28H,13-17,20-21H2,1-8H3,(H2,35,36,38)/t26-,27+,28-/m0/s1. The fourth-order valence-corrected chi connectivity index (χ4v) is 7.66. The lowest BCUT2D eigenvalue weighted by Crippen LogP contribution is -2.52. The summed E-state index contributed by atoms with van der Waals surface area (Å²) in [4.78, 5) is 16.0. The molecule has 2 amide bonds. The van der Waals surface area contributed by atoms with Crippen molar-refractivity contribution in [2.75, 3.05) is 39.7 Å². The van der Waals surface area contributed by atoms with Crippen LogP contribution in [-0.2, 0) is 10.8 Å². The molecule has 4 rings (SSSR count). The van der Waals surface area contributed by atoms with Crippen LogP contribution >= 0.6 is 11.6 Å². The zero-order valence-electron chi connectivity index (χ0n) is 27.1. The predicted molar refractivity (Wildman–Crippen MR) is 177 cm³/mol. The van der Waals surface area contributed by atoms with Crippen LogP contribution in [0.15, 0.2) is 36.4 Å². The minimum absolute atomic E-state index is 0.0235. The number of hydrogen-bond donors (Lipinski definition) is 2. The molecule has 0 unspecified atom stereocenters. The van der Waals surface area contributed by atoms with Crippen LogP contribution in [0.1, 0.15) is 52.0 Å². The van der Waals surface area contributed by atoms with Crippen LogP contribution in [0, 0.1) is 5.92 Å². The number of carbonyl (C=O) groups excluding carboxylic acids is 1. The van der Waals surface area contributed by atoms with E-state index in [0.29, 0.717) is 28.9 Å². The quantitative estimate of drug-likeness (QED) is 0.267. The summed E-state index contributed by atoms with van der Waals surface area (Å²) in [5.41, 5.74) is 1.91. The largest absolute Gasteiger partial charge is 0.493 e. The summed E-state index contributed by atoms with van der Waals surface area (Å²) in [6, 6.07) is 11.7. The van der Waals surface area contributed by atoms with E-state index < -0.39 is 8.32 Å². The highest BCUT2D eigenvalue weighted by Gasteiger charge is 2.45. The van der Waals surface area contributed by atoms with Crippen molar-refractivity contribution in [3.8, 4) is 17.2 Å². The second-order valence-electron chi connectivity index (χ2n) is 13.5. The Morgan fingerprint density at radius 1 is 0.977 bits per heavy atom. The summed E-state index contributed by atoms with van der Waals surface area (Å²) in [6.45, 7) is 13.5. The molecule has 2 aromatic rings. The lowest BCUT2D eigenvalue weighted by molar-refractivity contribution is 0.110. The number of halogens is 1. The summed E-state index contributed by atoms with van der Waals surface area (Å²) in [6.07, 6.45) is 5.18. The Bertz CT molecular complexity index is 1200. The minimum Gasteiger partial charge on any atom is -0.493 e. The lowest BCUT2D eigenvalue weighted by atomic mass is 9.89. The van der Waals surface area contributed by atoms with E-state index in [1.54, 1.807) is 33.5 Å². The summed E-state index contributed by atoms with van der Waals surface area (Å²) in [7, 11) is 2.72. The van der Waals surface area contributed by atoms with Crippen molar-refractivity contribution in [1.82, 2.24) is 10.2 Å². The maximum Gasteiger partial charge on any atom is 0.319 e. The van der Waals surface area contributed by atoms with Crippen LogP contribution in [0.25, 0.3) is 0 Å². The van der Waals surface area contributed by atoms with Crippen molar-refractivity contribution in [3.05, 3.63) is 47.0 Å². The monoisotopic (exact) mass is 631 g/mol. The van der Waals surface area contributed by atoms with Crippen LogP contribution in [0.5, 0.6) is 17.2 Å². The molecule has 0 radical (unpaired) electrons. The first kappa shape index (κ1) is 33.4. The highest BCUT2D eigenvalue weighted by atomic mass is 35.5. The zero-order chi connectivity index (χ0) is 31.4. The smallest absolute Gasteiger partial charge is 0.319 e. The number of benzene rings is 2. The van der Waals surface area contributed by atoms with Crippen molar-refractivity contribution in [2.24, 2.45) is 5.92 Å². The number of ether oxygens (including phenoxy) is 3. The van der Waals surface area contributed by atoms with Gasteiger partial charge in [-0.2, -0.15) is 0 Å². The molecule has 1 saturated heterocycles. The van der Waals surface area contributed by atoms with Crippen LogP contribution in [0.3, 0.4) is 0 Å². The van der Waals surface area contributed by atoms with Crippen LogP contribution < -0.4 is 24.8 Å². The van der Waals surface area contributed by atoms with Gasteiger partial charge in [0.25, 0.3) is 0 Å².